The van der Waals surface area contributed by atoms with E-state index in [9.17, 15) is 19.5 Å². The van der Waals surface area contributed by atoms with Gasteiger partial charge in [0.15, 0.2) is 6.29 Å². The topological polar surface area (TPSA) is 181 Å². The molecule has 4 N–H and O–H groups in total. The first-order chi connectivity index (χ1) is 34.6. The molecule has 13 heteroatoms. The first kappa shape index (κ1) is 66.1. The molecule has 0 aromatic heterocycles. The molecule has 1 amide bonds. The summed E-state index contributed by atoms with van der Waals surface area (Å²) in [5, 5.41) is 18.5. The standard InChI is InChI=1S/C29H37O5.C20H38O2.C7H7NO.C2H4O3.C2H6.Ac/c1-17-21-14-25(30)29(4)22(20-16-33-24(20)15-26(29)31)12-19(28(21,2)3)13-23(17)34-27(32)11-10-18-8-6-5-7-9-18;1-2-3-4-5-6-7-8-9-10-11-12-13-14-15-16-17-20-21-18-19-22-20;8-7(9)6-4-2-1-3-5-6;1-5-2(3)4;1-2;/h5-9,14,19-20,22-24,26,31H,10-13,15-16H2,1-4H3;9-10,20H,2-8,11-19H2,1H3;1-5H,(H2,8,9);1H3,(H,3,4);1-2H3;/q-1;;;;;/b;10-9-;;;;/t19?,20?,22?,23-,24?,26?,29?;;;;;/m0...../s1. The number of aliphatic hydroxyl groups excluding tert-OH is 1. The number of carbonyl (C=O) groups is 4. The maximum Gasteiger partial charge on any atom is 0.505 e. The van der Waals surface area contributed by atoms with E-state index in [0.717, 1.165) is 56.3 Å². The molecule has 0 spiro atoms. The van der Waals surface area contributed by atoms with Crippen LogP contribution in [0.4, 0.5) is 4.79 Å². The van der Waals surface area contributed by atoms with Gasteiger partial charge in [0, 0.05) is 73.8 Å². The predicted molar refractivity (Wildman–Crippen MR) is 285 cm³/mol. The summed E-state index contributed by atoms with van der Waals surface area (Å²) in [6.07, 6.45) is 26.3. The minimum Gasteiger partial charge on any atom is -0.476 e. The second-order valence-electron chi connectivity index (χ2n) is 20.4. The molecule has 6 unspecified atom stereocenters. The van der Waals surface area contributed by atoms with Crippen LogP contribution in [0.15, 0.2) is 84.0 Å². The molecule has 5 aliphatic rings. The summed E-state index contributed by atoms with van der Waals surface area (Å²) in [6, 6.07) is 18.7. The van der Waals surface area contributed by atoms with Crippen molar-refractivity contribution in [1.82, 2.24) is 0 Å². The van der Waals surface area contributed by atoms with Crippen molar-refractivity contribution >= 4 is 23.8 Å². The SMILES string of the molecule is CC.CC1=C2[CH-]C(=O)C3(C)C(O)CC4OCC4C3CC(C[C@@H]1OC(=O)CCc1ccccc1)C2(C)C.CCCCCCCC/C=C\CCCCCCCC1OCCO1.COC(=O)O.NC(=O)c1ccccc1.[Ac]. The number of carboxylic acid groups (broad SMARTS) is 1. The molecule has 12 nitrogen and oxygen atoms in total. The molecule has 2 heterocycles. The molecule has 2 aromatic carbocycles. The number of unbranched alkanes of at least 4 members (excludes halogenated alkanes) is 11. The van der Waals surface area contributed by atoms with Gasteiger partial charge in [0.1, 0.15) is 0 Å². The number of aryl methyl sites for hydroxylation is 1. The van der Waals surface area contributed by atoms with Gasteiger partial charge in [0.05, 0.1) is 51.0 Å². The summed E-state index contributed by atoms with van der Waals surface area (Å²) < 4.78 is 26.3. The molecule has 1 radical (unpaired) electrons. The molecular weight excluding hydrogens is 1140 g/mol. The van der Waals surface area contributed by atoms with Crippen molar-refractivity contribution < 1.29 is 97.1 Å². The molecule has 3 aliphatic carbocycles. The van der Waals surface area contributed by atoms with Gasteiger partial charge in [-0.1, -0.05) is 154 Å². The van der Waals surface area contributed by atoms with Crippen LogP contribution in [-0.4, -0.2) is 85.6 Å². The van der Waals surface area contributed by atoms with Gasteiger partial charge >= 0.3 is 12.1 Å². The molecule has 2 saturated heterocycles. The Morgan fingerprint density at radius 1 is 0.808 bits per heavy atom. The van der Waals surface area contributed by atoms with Crippen molar-refractivity contribution in [2.24, 2.45) is 34.3 Å². The van der Waals surface area contributed by atoms with Gasteiger partial charge in [-0.2, -0.15) is 17.6 Å². The number of Topliss-reactive ketones (excluding diaryl/α,β-unsaturated/α-hetero) is 1. The quantitative estimate of drug-likeness (QED) is 0.0497. The Bertz CT molecular complexity index is 1930. The van der Waals surface area contributed by atoms with E-state index in [1.165, 1.54) is 83.5 Å². The third-order valence-corrected chi connectivity index (χ3v) is 15.2. The maximum atomic E-state index is 13.7. The molecule has 2 aromatic rings. The molecule has 7 atom stereocenters. The summed E-state index contributed by atoms with van der Waals surface area (Å²) in [5.41, 5.74) is 7.62. The third kappa shape index (κ3) is 21.8. The van der Waals surface area contributed by atoms with Crippen molar-refractivity contribution in [3.8, 4) is 0 Å². The van der Waals surface area contributed by atoms with Crippen LogP contribution in [0.3, 0.4) is 0 Å². The predicted octanol–water partition coefficient (Wildman–Crippen LogP) is 13.0. The van der Waals surface area contributed by atoms with Crippen molar-refractivity contribution in [2.75, 3.05) is 26.9 Å². The number of hydrogen-bond acceptors (Lipinski definition) is 10. The van der Waals surface area contributed by atoms with Crippen LogP contribution < -0.4 is 5.73 Å². The summed E-state index contributed by atoms with van der Waals surface area (Å²) >= 11 is 0. The Hall–Kier alpha value is -3.05. The number of allylic oxidation sites excluding steroid dienone is 3. The average molecular weight is 1230 g/mol. The van der Waals surface area contributed by atoms with E-state index in [-0.39, 0.29) is 97.5 Å². The molecular formula is C60H92AcNO11-. The van der Waals surface area contributed by atoms with Crippen LogP contribution in [0, 0.1) is 79.1 Å². The van der Waals surface area contributed by atoms with Gasteiger partial charge in [-0.3, -0.25) is 9.59 Å². The van der Waals surface area contributed by atoms with E-state index in [2.05, 4.69) is 37.7 Å². The van der Waals surface area contributed by atoms with Crippen molar-refractivity contribution in [3.05, 3.63) is 102 Å². The maximum absolute atomic E-state index is 13.7. The number of hydrogen-bond donors (Lipinski definition) is 3. The van der Waals surface area contributed by atoms with Gasteiger partial charge in [0.25, 0.3) is 0 Å². The summed E-state index contributed by atoms with van der Waals surface area (Å²) in [5.74, 6) is 0.0559. The first-order valence-corrected chi connectivity index (χ1v) is 27.3. The number of primary amides is 1. The van der Waals surface area contributed by atoms with Crippen molar-refractivity contribution in [1.29, 1.82) is 0 Å². The number of rotatable bonds is 20. The number of ether oxygens (including phenoxy) is 5. The number of esters is 1. The van der Waals surface area contributed by atoms with Gasteiger partial charge in [-0.25, -0.2) is 4.79 Å². The second kappa shape index (κ2) is 36.1. The summed E-state index contributed by atoms with van der Waals surface area (Å²) in [7, 11) is 1.10. The van der Waals surface area contributed by atoms with Gasteiger partial charge < -0.3 is 44.4 Å². The first-order valence-electron chi connectivity index (χ1n) is 27.3. The van der Waals surface area contributed by atoms with Gasteiger partial charge in [0.2, 0.25) is 5.91 Å². The monoisotopic (exact) mass is 1230 g/mol. The summed E-state index contributed by atoms with van der Waals surface area (Å²) in [4.78, 5) is 46.1. The second-order valence-corrected chi connectivity index (χ2v) is 20.4. The largest absolute Gasteiger partial charge is 0.505 e. The Labute approximate surface area is 475 Å². The Morgan fingerprint density at radius 2 is 1.36 bits per heavy atom. The number of aliphatic hydroxyl groups is 1. The third-order valence-electron chi connectivity index (χ3n) is 15.2. The number of ketones is 1. The molecule has 4 fully saturated rings. The van der Waals surface area contributed by atoms with Crippen LogP contribution in [0.25, 0.3) is 0 Å². The fourth-order valence-electron chi connectivity index (χ4n) is 10.6. The number of benzene rings is 2. The van der Waals surface area contributed by atoms with Crippen LogP contribution in [0.1, 0.15) is 180 Å². The number of amides is 1. The van der Waals surface area contributed by atoms with Gasteiger partial charge in [-0.05, 0) is 92.7 Å². The summed E-state index contributed by atoms with van der Waals surface area (Å²) in [6.45, 7) is 16.9. The van der Waals surface area contributed by atoms with E-state index < -0.39 is 17.7 Å². The molecule has 407 valence electrons. The Balaban J connectivity index is 0.000000399. The van der Waals surface area contributed by atoms with E-state index in [1.807, 2.05) is 64.1 Å². The zero-order valence-electron chi connectivity index (χ0n) is 45.8. The molecule has 2 aliphatic heterocycles. The minimum atomic E-state index is -1.25. The number of fused-ring (bicyclic) bond motifs is 5. The molecule has 7 rings (SSSR count). The molecule has 2 bridgehead atoms. The zero-order valence-corrected chi connectivity index (χ0v) is 50.6. The molecule has 2 saturated carbocycles. The van der Waals surface area contributed by atoms with E-state index in [0.29, 0.717) is 37.4 Å². The number of carbonyl (C=O) groups excluding carboxylic acids is 3. The number of nitrogens with two attached hydrogens (primary N) is 1. The van der Waals surface area contributed by atoms with Crippen LogP contribution in [0.2, 0.25) is 0 Å². The fraction of sp³-hybridized carbons (Fsp3) is 0.650. The van der Waals surface area contributed by atoms with Crippen molar-refractivity contribution in [2.45, 2.75) is 195 Å². The average Bonchev–Trinajstić information content (AvgIpc) is 3.90. The van der Waals surface area contributed by atoms with E-state index in [4.69, 9.17) is 34.6 Å². The Morgan fingerprint density at radius 3 is 1.88 bits per heavy atom. The zero-order chi connectivity index (χ0) is 52.9. The molecule has 73 heavy (non-hydrogen) atoms. The van der Waals surface area contributed by atoms with Crippen LogP contribution >= 0.6 is 0 Å². The Kier molecular flexibility index (Phi) is 32.6. The van der Waals surface area contributed by atoms with Crippen LogP contribution in [-0.2, 0) is 39.7 Å². The van der Waals surface area contributed by atoms with Crippen LogP contribution in [0.5, 0.6) is 0 Å². The minimum absolute atomic E-state index is 0. The van der Waals surface area contributed by atoms with E-state index in [1.54, 1.807) is 30.7 Å². The smallest absolute Gasteiger partial charge is 0.476 e. The normalized spacial score (nSPS) is 24.4. The van der Waals surface area contributed by atoms with E-state index >= 15 is 0 Å². The number of methoxy groups -OCH3 is 1. The van der Waals surface area contributed by atoms with Gasteiger partial charge in [-0.15, -0.1) is 6.92 Å². The van der Waals surface area contributed by atoms with Crippen molar-refractivity contribution in [3.63, 3.8) is 0 Å². The fourth-order valence-corrected chi connectivity index (χ4v) is 10.6.